The van der Waals surface area contributed by atoms with Crippen LogP contribution in [0.1, 0.15) is 48.7 Å². The van der Waals surface area contributed by atoms with Crippen molar-refractivity contribution in [3.63, 3.8) is 0 Å². The maximum Gasteiger partial charge on any atom is 0.345 e. The summed E-state index contributed by atoms with van der Waals surface area (Å²) in [6.45, 7) is 2.68. The second-order valence-corrected chi connectivity index (χ2v) is 8.44. The van der Waals surface area contributed by atoms with Crippen LogP contribution in [-0.4, -0.2) is 26.0 Å². The molecule has 2 rings (SSSR count). The van der Waals surface area contributed by atoms with Crippen molar-refractivity contribution in [3.05, 3.63) is 16.3 Å². The fourth-order valence-corrected chi connectivity index (χ4v) is 4.83. The number of sulfonamides is 1. The van der Waals surface area contributed by atoms with Gasteiger partial charge in [-0.2, -0.15) is 0 Å². The van der Waals surface area contributed by atoms with Crippen molar-refractivity contribution in [1.82, 2.24) is 4.72 Å². The van der Waals surface area contributed by atoms with Gasteiger partial charge >= 0.3 is 5.97 Å². The lowest BCUT2D eigenvalue weighted by atomic mass is 9.81. The van der Waals surface area contributed by atoms with E-state index in [4.69, 9.17) is 5.11 Å². The molecule has 0 unspecified atom stereocenters. The third kappa shape index (κ3) is 4.52. The average molecular weight is 331 g/mol. The Morgan fingerprint density at radius 3 is 2.62 bits per heavy atom. The molecule has 5 nitrogen and oxygen atoms in total. The van der Waals surface area contributed by atoms with E-state index in [1.165, 1.54) is 37.1 Å². The first-order chi connectivity index (χ1) is 9.88. The van der Waals surface area contributed by atoms with Crippen molar-refractivity contribution in [3.8, 4) is 0 Å². The van der Waals surface area contributed by atoms with Crippen LogP contribution in [0.5, 0.6) is 0 Å². The summed E-state index contributed by atoms with van der Waals surface area (Å²) in [5.74, 6) is 0.289. The second-order valence-electron chi connectivity index (χ2n) is 5.76. The Morgan fingerprint density at radius 1 is 1.38 bits per heavy atom. The van der Waals surface area contributed by atoms with Gasteiger partial charge in [-0.1, -0.05) is 32.6 Å². The maximum absolute atomic E-state index is 12.1. The van der Waals surface area contributed by atoms with Crippen molar-refractivity contribution < 1.29 is 18.3 Å². The summed E-state index contributed by atoms with van der Waals surface area (Å²) >= 11 is 0.928. The highest BCUT2D eigenvalue weighted by molar-refractivity contribution is 7.89. The molecule has 1 saturated carbocycles. The SMILES string of the molecule is CC1CCC(CCNS(=O)(=O)c2csc(C(=O)O)c2)CC1. The van der Waals surface area contributed by atoms with E-state index in [0.717, 1.165) is 23.7 Å². The van der Waals surface area contributed by atoms with Crippen molar-refractivity contribution in [1.29, 1.82) is 0 Å². The lowest BCUT2D eigenvalue weighted by molar-refractivity contribution is 0.0702. The Balaban J connectivity index is 1.85. The highest BCUT2D eigenvalue weighted by atomic mass is 32.2. The number of hydrogen-bond acceptors (Lipinski definition) is 4. The van der Waals surface area contributed by atoms with E-state index in [1.54, 1.807) is 0 Å². The Bertz CT molecular complexity index is 586. The predicted molar refractivity (Wildman–Crippen MR) is 82.2 cm³/mol. The van der Waals surface area contributed by atoms with Crippen LogP contribution in [0.4, 0.5) is 0 Å². The van der Waals surface area contributed by atoms with Gasteiger partial charge in [0.2, 0.25) is 10.0 Å². The van der Waals surface area contributed by atoms with Crippen LogP contribution in [0.3, 0.4) is 0 Å². The minimum atomic E-state index is -3.59. The fraction of sp³-hybridized carbons (Fsp3) is 0.643. The zero-order valence-electron chi connectivity index (χ0n) is 12.0. The van der Waals surface area contributed by atoms with Gasteiger partial charge in [-0.15, -0.1) is 11.3 Å². The molecule has 1 heterocycles. The molecule has 7 heteroatoms. The number of hydrogen-bond donors (Lipinski definition) is 2. The molecule has 1 aliphatic carbocycles. The third-order valence-electron chi connectivity index (χ3n) is 4.08. The summed E-state index contributed by atoms with van der Waals surface area (Å²) in [7, 11) is -3.59. The minimum Gasteiger partial charge on any atom is -0.477 e. The average Bonchev–Trinajstić information content (AvgIpc) is 2.91. The van der Waals surface area contributed by atoms with E-state index in [9.17, 15) is 13.2 Å². The zero-order valence-corrected chi connectivity index (χ0v) is 13.7. The van der Waals surface area contributed by atoms with Crippen molar-refractivity contribution in [2.75, 3.05) is 6.54 Å². The summed E-state index contributed by atoms with van der Waals surface area (Å²) in [4.78, 5) is 10.9. The van der Waals surface area contributed by atoms with Crippen molar-refractivity contribution in [2.24, 2.45) is 11.8 Å². The molecule has 0 bridgehead atoms. The van der Waals surface area contributed by atoms with Gasteiger partial charge in [-0.3, -0.25) is 0 Å². The van der Waals surface area contributed by atoms with Crippen LogP contribution in [-0.2, 0) is 10.0 Å². The number of thiophene rings is 1. The highest BCUT2D eigenvalue weighted by Gasteiger charge is 2.21. The van der Waals surface area contributed by atoms with Crippen LogP contribution in [0.25, 0.3) is 0 Å². The molecule has 0 atom stereocenters. The van der Waals surface area contributed by atoms with Crippen LogP contribution >= 0.6 is 11.3 Å². The summed E-state index contributed by atoms with van der Waals surface area (Å²) in [6.07, 6.45) is 5.64. The molecule has 0 amide bonds. The van der Waals surface area contributed by atoms with Gasteiger partial charge in [0.25, 0.3) is 0 Å². The van der Waals surface area contributed by atoms with E-state index in [2.05, 4.69) is 11.6 Å². The van der Waals surface area contributed by atoms with E-state index < -0.39 is 16.0 Å². The highest BCUT2D eigenvalue weighted by Crippen LogP contribution is 2.30. The number of aromatic carboxylic acids is 1. The molecular formula is C14H21NO4S2. The monoisotopic (exact) mass is 331 g/mol. The molecule has 21 heavy (non-hydrogen) atoms. The van der Waals surface area contributed by atoms with Crippen LogP contribution < -0.4 is 4.72 Å². The number of carbonyl (C=O) groups is 1. The molecule has 1 aromatic heterocycles. The van der Waals surface area contributed by atoms with Crippen molar-refractivity contribution in [2.45, 2.75) is 43.9 Å². The smallest absolute Gasteiger partial charge is 0.345 e. The first-order valence-corrected chi connectivity index (χ1v) is 9.56. The molecular weight excluding hydrogens is 310 g/mol. The topological polar surface area (TPSA) is 83.5 Å². The van der Waals surface area contributed by atoms with Crippen LogP contribution in [0.2, 0.25) is 0 Å². The molecule has 0 aliphatic heterocycles. The van der Waals surface area contributed by atoms with Crippen molar-refractivity contribution >= 4 is 27.3 Å². The van der Waals surface area contributed by atoms with E-state index in [0.29, 0.717) is 12.5 Å². The number of rotatable bonds is 6. The molecule has 118 valence electrons. The maximum atomic E-state index is 12.1. The van der Waals surface area contributed by atoms with Crippen LogP contribution in [0, 0.1) is 11.8 Å². The fourth-order valence-electron chi connectivity index (χ4n) is 2.67. The molecule has 0 saturated heterocycles. The summed E-state index contributed by atoms with van der Waals surface area (Å²) in [6, 6.07) is 1.21. The minimum absolute atomic E-state index is 0.0386. The molecule has 0 aromatic carbocycles. The largest absolute Gasteiger partial charge is 0.477 e. The Morgan fingerprint density at radius 2 is 2.05 bits per heavy atom. The standard InChI is InChI=1S/C14H21NO4S2/c1-10-2-4-11(5-3-10)6-7-15-21(18,19)12-8-13(14(16)17)20-9-12/h8-11,15H,2-7H2,1H3,(H,16,17). The lowest BCUT2D eigenvalue weighted by Crippen LogP contribution is -2.26. The predicted octanol–water partition coefficient (Wildman–Crippen LogP) is 2.94. The number of nitrogens with one attached hydrogen (secondary N) is 1. The van der Waals surface area contributed by atoms with Gasteiger partial charge in [0, 0.05) is 11.9 Å². The Hall–Kier alpha value is -0.920. The van der Waals surface area contributed by atoms with Gasteiger partial charge in [-0.25, -0.2) is 17.9 Å². The molecule has 1 aliphatic rings. The summed E-state index contributed by atoms with van der Waals surface area (Å²) < 4.78 is 26.7. The number of carboxylic acid groups (broad SMARTS) is 1. The van der Waals surface area contributed by atoms with Gasteiger partial charge in [0.05, 0.1) is 4.90 Å². The summed E-state index contributed by atoms with van der Waals surface area (Å²) in [5, 5.41) is 10.2. The third-order valence-corrected chi connectivity index (χ3v) is 6.58. The van der Waals surface area contributed by atoms with Gasteiger partial charge in [0.15, 0.2) is 0 Å². The zero-order chi connectivity index (χ0) is 15.5. The van der Waals surface area contributed by atoms with E-state index in [1.807, 2.05) is 0 Å². The second kappa shape index (κ2) is 6.89. The Labute approximate surface area is 129 Å². The lowest BCUT2D eigenvalue weighted by Gasteiger charge is -2.26. The molecule has 0 spiro atoms. The van der Waals surface area contributed by atoms with E-state index in [-0.39, 0.29) is 9.77 Å². The Kier molecular flexibility index (Phi) is 5.40. The molecule has 1 fully saturated rings. The van der Waals surface area contributed by atoms with Gasteiger partial charge in [0.1, 0.15) is 4.88 Å². The van der Waals surface area contributed by atoms with Crippen LogP contribution in [0.15, 0.2) is 16.3 Å². The molecule has 2 N–H and O–H groups in total. The quantitative estimate of drug-likeness (QED) is 0.839. The molecule has 0 radical (unpaired) electrons. The first-order valence-electron chi connectivity index (χ1n) is 7.20. The van der Waals surface area contributed by atoms with E-state index >= 15 is 0 Å². The number of carboxylic acids is 1. The molecule has 1 aromatic rings. The normalized spacial score (nSPS) is 23.1. The summed E-state index contributed by atoms with van der Waals surface area (Å²) in [5.41, 5.74) is 0. The van der Waals surface area contributed by atoms with Gasteiger partial charge in [-0.05, 0) is 24.3 Å². The first kappa shape index (κ1) is 16.5. The van der Waals surface area contributed by atoms with Gasteiger partial charge < -0.3 is 5.11 Å².